The van der Waals surface area contributed by atoms with Gasteiger partial charge in [-0.25, -0.2) is 10.3 Å². The molecule has 0 saturated heterocycles. The fraction of sp³-hybridized carbons (Fsp3) is 0.0909. The van der Waals surface area contributed by atoms with E-state index in [1.807, 2.05) is 5.48 Å². The van der Waals surface area contributed by atoms with Crippen LogP contribution in [0, 0.1) is 0 Å². The lowest BCUT2D eigenvalue weighted by atomic mass is 10.2. The standard InChI is InChI=1S/C11H12N2O4/c12-9-3-1-2-8(6-9)4-5-10(14)13-17-7-11(15)16/h1-6H,7,12H2,(H,13,14)(H,15,16)/b5-4+. The van der Waals surface area contributed by atoms with E-state index in [1.54, 1.807) is 24.3 Å². The molecule has 90 valence electrons. The molecule has 0 aliphatic rings. The maximum Gasteiger partial charge on any atom is 0.332 e. The van der Waals surface area contributed by atoms with E-state index < -0.39 is 18.5 Å². The monoisotopic (exact) mass is 236 g/mol. The minimum atomic E-state index is -1.16. The van der Waals surface area contributed by atoms with Crippen molar-refractivity contribution in [3.05, 3.63) is 35.9 Å². The SMILES string of the molecule is Nc1cccc(/C=C/C(=O)NOCC(=O)O)c1. The third-order valence-electron chi connectivity index (χ3n) is 1.71. The van der Waals surface area contributed by atoms with Gasteiger partial charge in [0, 0.05) is 11.8 Å². The van der Waals surface area contributed by atoms with Crippen LogP contribution in [0.25, 0.3) is 6.08 Å². The molecule has 1 amide bonds. The number of carboxylic acid groups (broad SMARTS) is 1. The van der Waals surface area contributed by atoms with Crippen LogP contribution in [0.15, 0.2) is 30.3 Å². The highest BCUT2D eigenvalue weighted by Crippen LogP contribution is 2.07. The Bertz CT molecular complexity index is 443. The topological polar surface area (TPSA) is 102 Å². The normalized spacial score (nSPS) is 10.4. The van der Waals surface area contributed by atoms with E-state index in [4.69, 9.17) is 10.8 Å². The highest BCUT2D eigenvalue weighted by atomic mass is 16.7. The van der Waals surface area contributed by atoms with Crippen molar-refractivity contribution in [3.63, 3.8) is 0 Å². The van der Waals surface area contributed by atoms with Gasteiger partial charge in [-0.1, -0.05) is 12.1 Å². The minimum absolute atomic E-state index is 0.548. The van der Waals surface area contributed by atoms with Crippen LogP contribution in [0.3, 0.4) is 0 Å². The molecule has 0 saturated carbocycles. The predicted molar refractivity (Wildman–Crippen MR) is 61.6 cm³/mol. The Labute approximate surface area is 97.6 Å². The van der Waals surface area contributed by atoms with Crippen molar-refractivity contribution >= 4 is 23.6 Å². The Balaban J connectivity index is 2.43. The van der Waals surface area contributed by atoms with Crippen molar-refractivity contribution in [3.8, 4) is 0 Å². The number of hydrogen-bond acceptors (Lipinski definition) is 4. The van der Waals surface area contributed by atoms with Gasteiger partial charge in [-0.2, -0.15) is 0 Å². The number of nitrogens with two attached hydrogens (primary N) is 1. The molecule has 0 fully saturated rings. The van der Waals surface area contributed by atoms with Crippen LogP contribution in [0.4, 0.5) is 5.69 Å². The van der Waals surface area contributed by atoms with Crippen LogP contribution >= 0.6 is 0 Å². The molecule has 0 aliphatic carbocycles. The van der Waals surface area contributed by atoms with Gasteiger partial charge in [0.25, 0.3) is 5.91 Å². The Morgan fingerprint density at radius 1 is 1.47 bits per heavy atom. The molecule has 0 radical (unpaired) electrons. The Morgan fingerprint density at radius 3 is 2.88 bits per heavy atom. The quantitative estimate of drug-likeness (QED) is 0.390. The van der Waals surface area contributed by atoms with Crippen LogP contribution < -0.4 is 11.2 Å². The van der Waals surface area contributed by atoms with Crippen molar-refractivity contribution in [1.82, 2.24) is 5.48 Å². The molecule has 17 heavy (non-hydrogen) atoms. The summed E-state index contributed by atoms with van der Waals surface area (Å²) in [5.74, 6) is -1.71. The third kappa shape index (κ3) is 5.33. The van der Waals surface area contributed by atoms with Gasteiger partial charge in [0.2, 0.25) is 0 Å². The fourth-order valence-corrected chi connectivity index (χ4v) is 1.04. The van der Waals surface area contributed by atoms with Gasteiger partial charge < -0.3 is 10.8 Å². The molecular formula is C11H12N2O4. The molecule has 1 rings (SSSR count). The average Bonchev–Trinajstić information content (AvgIpc) is 2.26. The van der Waals surface area contributed by atoms with Crippen molar-refractivity contribution in [2.24, 2.45) is 0 Å². The highest BCUT2D eigenvalue weighted by Gasteiger charge is 1.99. The number of anilines is 1. The number of carboxylic acids is 1. The number of aliphatic carboxylic acids is 1. The van der Waals surface area contributed by atoms with E-state index in [0.29, 0.717) is 5.69 Å². The van der Waals surface area contributed by atoms with Crippen molar-refractivity contribution in [2.75, 3.05) is 12.3 Å². The Kier molecular flexibility index (Phi) is 4.71. The zero-order chi connectivity index (χ0) is 12.7. The van der Waals surface area contributed by atoms with Crippen LogP contribution in [0.5, 0.6) is 0 Å². The first-order chi connectivity index (χ1) is 8.08. The molecule has 6 nitrogen and oxygen atoms in total. The summed E-state index contributed by atoms with van der Waals surface area (Å²) in [7, 11) is 0. The lowest BCUT2D eigenvalue weighted by Gasteiger charge is -1.99. The van der Waals surface area contributed by atoms with E-state index in [0.717, 1.165) is 5.56 Å². The molecule has 6 heteroatoms. The molecule has 0 unspecified atom stereocenters. The molecular weight excluding hydrogens is 224 g/mol. The summed E-state index contributed by atoms with van der Waals surface area (Å²) in [5, 5.41) is 8.26. The predicted octanol–water partition coefficient (Wildman–Crippen LogP) is 0.414. The molecule has 4 N–H and O–H groups in total. The van der Waals surface area contributed by atoms with Gasteiger partial charge in [-0.15, -0.1) is 0 Å². The summed E-state index contributed by atoms with van der Waals surface area (Å²) in [5.41, 5.74) is 8.87. The van der Waals surface area contributed by atoms with E-state index in [2.05, 4.69) is 4.84 Å². The number of rotatable bonds is 5. The second-order valence-corrected chi connectivity index (χ2v) is 3.15. The Morgan fingerprint density at radius 2 is 2.24 bits per heavy atom. The second-order valence-electron chi connectivity index (χ2n) is 3.15. The van der Waals surface area contributed by atoms with Crippen molar-refractivity contribution < 1.29 is 19.5 Å². The van der Waals surface area contributed by atoms with Crippen LogP contribution in [0.1, 0.15) is 5.56 Å². The number of nitrogens with one attached hydrogen (secondary N) is 1. The number of hydrogen-bond donors (Lipinski definition) is 3. The van der Waals surface area contributed by atoms with Gasteiger partial charge in [0.1, 0.15) is 0 Å². The summed E-state index contributed by atoms with van der Waals surface area (Å²) >= 11 is 0. The molecule has 0 aliphatic heterocycles. The van der Waals surface area contributed by atoms with Crippen molar-refractivity contribution in [2.45, 2.75) is 0 Å². The molecule has 0 bridgehead atoms. The largest absolute Gasteiger partial charge is 0.479 e. The lowest BCUT2D eigenvalue weighted by molar-refractivity contribution is -0.147. The van der Waals surface area contributed by atoms with E-state index >= 15 is 0 Å². The molecule has 0 heterocycles. The highest BCUT2D eigenvalue weighted by molar-refractivity contribution is 5.91. The average molecular weight is 236 g/mol. The Hall–Kier alpha value is -2.34. The van der Waals surface area contributed by atoms with Crippen LogP contribution in [0.2, 0.25) is 0 Å². The number of hydroxylamine groups is 1. The van der Waals surface area contributed by atoms with E-state index in [-0.39, 0.29) is 0 Å². The summed E-state index contributed by atoms with van der Waals surface area (Å²) in [4.78, 5) is 25.6. The molecule has 1 aromatic carbocycles. The molecule has 0 atom stereocenters. The fourth-order valence-electron chi connectivity index (χ4n) is 1.04. The number of carbonyl (C=O) groups excluding carboxylic acids is 1. The first kappa shape index (κ1) is 12.7. The van der Waals surface area contributed by atoms with Gasteiger partial charge in [0.05, 0.1) is 0 Å². The second kappa shape index (κ2) is 6.29. The number of carbonyl (C=O) groups is 2. The molecule has 0 aromatic heterocycles. The summed E-state index contributed by atoms with van der Waals surface area (Å²) in [6.45, 7) is -0.585. The van der Waals surface area contributed by atoms with Gasteiger partial charge in [-0.3, -0.25) is 9.63 Å². The summed E-state index contributed by atoms with van der Waals surface area (Å²) in [6, 6.07) is 6.96. The summed E-state index contributed by atoms with van der Waals surface area (Å²) < 4.78 is 0. The number of nitrogen functional groups attached to an aromatic ring is 1. The van der Waals surface area contributed by atoms with E-state index in [1.165, 1.54) is 12.2 Å². The maximum absolute atomic E-state index is 11.1. The van der Waals surface area contributed by atoms with Gasteiger partial charge in [-0.05, 0) is 23.8 Å². The first-order valence-electron chi connectivity index (χ1n) is 4.75. The number of benzene rings is 1. The zero-order valence-corrected chi connectivity index (χ0v) is 8.92. The molecule has 0 spiro atoms. The smallest absolute Gasteiger partial charge is 0.332 e. The van der Waals surface area contributed by atoms with Crippen molar-refractivity contribution in [1.29, 1.82) is 0 Å². The minimum Gasteiger partial charge on any atom is -0.479 e. The molecule has 1 aromatic rings. The van der Waals surface area contributed by atoms with E-state index in [9.17, 15) is 9.59 Å². The summed E-state index contributed by atoms with van der Waals surface area (Å²) in [6.07, 6.45) is 2.76. The van der Waals surface area contributed by atoms with Crippen LogP contribution in [-0.2, 0) is 14.4 Å². The van der Waals surface area contributed by atoms with Gasteiger partial charge in [0.15, 0.2) is 6.61 Å². The third-order valence-corrected chi connectivity index (χ3v) is 1.71. The lowest BCUT2D eigenvalue weighted by Crippen LogP contribution is -2.24. The van der Waals surface area contributed by atoms with Crippen LogP contribution in [-0.4, -0.2) is 23.6 Å². The maximum atomic E-state index is 11.1. The number of amides is 1. The van der Waals surface area contributed by atoms with Gasteiger partial charge >= 0.3 is 5.97 Å². The zero-order valence-electron chi connectivity index (χ0n) is 8.92. The first-order valence-corrected chi connectivity index (χ1v) is 4.75.